The van der Waals surface area contributed by atoms with Gasteiger partial charge in [0.05, 0.1) is 5.69 Å². The van der Waals surface area contributed by atoms with Crippen LogP contribution in [0.3, 0.4) is 0 Å². The third kappa shape index (κ3) is 4.38. The number of likely N-dealkylation sites (N-methyl/N-ethyl adjacent to an activating group) is 1. The second-order valence-corrected chi connectivity index (χ2v) is 3.77. The normalized spacial score (nSPS) is 11.5. The van der Waals surface area contributed by atoms with E-state index in [2.05, 4.69) is 10.6 Å². The van der Waals surface area contributed by atoms with E-state index in [1.54, 1.807) is 6.92 Å². The van der Waals surface area contributed by atoms with Crippen molar-refractivity contribution < 1.29 is 24.5 Å². The molecule has 0 radical (unpaired) electrons. The number of ether oxygens (including phenoxy) is 1. The number of phenolic OH excluding ortho intramolecular Hbond substituents is 2. The molecule has 0 aromatic heterocycles. The molecule has 19 heavy (non-hydrogen) atoms. The van der Waals surface area contributed by atoms with Gasteiger partial charge in [0.1, 0.15) is 11.5 Å². The summed E-state index contributed by atoms with van der Waals surface area (Å²) in [5.74, 6) is -0.845. The Morgan fingerprint density at radius 2 is 2.05 bits per heavy atom. The monoisotopic (exact) mass is 268 g/mol. The molecule has 1 aromatic rings. The second-order valence-electron chi connectivity index (χ2n) is 3.77. The van der Waals surface area contributed by atoms with Crippen LogP contribution >= 0.6 is 0 Å². The summed E-state index contributed by atoms with van der Waals surface area (Å²) < 4.78 is 4.82. The number of hydrogen-bond donors (Lipinski definition) is 4. The average molecular weight is 268 g/mol. The van der Waals surface area contributed by atoms with Gasteiger partial charge in [-0.1, -0.05) is 0 Å². The maximum Gasteiger partial charge on any atom is 0.412 e. The highest BCUT2D eigenvalue weighted by Gasteiger charge is 2.17. The molecule has 7 heteroatoms. The molecule has 0 aliphatic heterocycles. The van der Waals surface area contributed by atoms with Crippen molar-refractivity contribution in [2.45, 2.75) is 20.0 Å². The maximum absolute atomic E-state index is 11.5. The smallest absolute Gasteiger partial charge is 0.412 e. The molecular formula is C12H16N2O5. The summed E-state index contributed by atoms with van der Waals surface area (Å²) in [6.07, 6.45) is -1.82. The van der Waals surface area contributed by atoms with Crippen LogP contribution in [-0.2, 0) is 9.53 Å². The zero-order chi connectivity index (χ0) is 14.4. The minimum absolute atomic E-state index is 0.0749. The largest absolute Gasteiger partial charge is 0.508 e. The molecule has 0 saturated carbocycles. The van der Waals surface area contributed by atoms with Gasteiger partial charge in [-0.2, -0.15) is 0 Å². The lowest BCUT2D eigenvalue weighted by Crippen LogP contribution is -2.36. The van der Waals surface area contributed by atoms with Crippen molar-refractivity contribution in [3.8, 4) is 11.5 Å². The Hall–Kier alpha value is -2.44. The van der Waals surface area contributed by atoms with Crippen molar-refractivity contribution >= 4 is 17.7 Å². The topological polar surface area (TPSA) is 108 Å². The van der Waals surface area contributed by atoms with Gasteiger partial charge >= 0.3 is 6.09 Å². The van der Waals surface area contributed by atoms with E-state index in [0.717, 1.165) is 6.07 Å². The summed E-state index contributed by atoms with van der Waals surface area (Å²) in [6, 6.07) is 3.67. The van der Waals surface area contributed by atoms with E-state index >= 15 is 0 Å². The number of carbonyl (C=O) groups is 2. The molecule has 2 amide bonds. The van der Waals surface area contributed by atoms with Crippen molar-refractivity contribution in [3.05, 3.63) is 18.2 Å². The fourth-order valence-electron chi connectivity index (χ4n) is 1.30. The van der Waals surface area contributed by atoms with Crippen molar-refractivity contribution in [3.63, 3.8) is 0 Å². The molecule has 0 spiro atoms. The number of amides is 2. The lowest BCUT2D eigenvalue weighted by molar-refractivity contribution is -0.128. The van der Waals surface area contributed by atoms with Gasteiger partial charge in [-0.15, -0.1) is 0 Å². The number of nitrogens with one attached hydrogen (secondary N) is 2. The number of aromatic hydroxyl groups is 2. The minimum atomic E-state index is -0.945. The SMILES string of the molecule is CCNC(=O)C(C)OC(=O)Nc1ccc(O)cc1O. The van der Waals surface area contributed by atoms with Crippen molar-refractivity contribution in [1.82, 2.24) is 5.32 Å². The van der Waals surface area contributed by atoms with Crippen LogP contribution in [0.25, 0.3) is 0 Å². The molecule has 0 aliphatic rings. The van der Waals surface area contributed by atoms with E-state index in [9.17, 15) is 14.7 Å². The summed E-state index contributed by atoms with van der Waals surface area (Å²) in [6.45, 7) is 3.62. The van der Waals surface area contributed by atoms with E-state index in [0.29, 0.717) is 6.54 Å². The van der Waals surface area contributed by atoms with Gasteiger partial charge in [0.25, 0.3) is 5.91 Å². The van der Waals surface area contributed by atoms with Gasteiger partial charge in [-0.3, -0.25) is 10.1 Å². The molecule has 1 rings (SSSR count). The highest BCUT2D eigenvalue weighted by atomic mass is 16.6. The number of phenols is 2. The van der Waals surface area contributed by atoms with E-state index in [4.69, 9.17) is 9.84 Å². The van der Waals surface area contributed by atoms with Crippen LogP contribution < -0.4 is 10.6 Å². The van der Waals surface area contributed by atoms with Crippen LogP contribution in [0, 0.1) is 0 Å². The third-order valence-corrected chi connectivity index (χ3v) is 2.22. The molecule has 0 heterocycles. The molecule has 4 N–H and O–H groups in total. The summed E-state index contributed by atoms with van der Waals surface area (Å²) in [5, 5.41) is 23.3. The summed E-state index contributed by atoms with van der Waals surface area (Å²) in [5.41, 5.74) is 0.0749. The molecule has 0 fully saturated rings. The van der Waals surface area contributed by atoms with Crippen LogP contribution in [0.5, 0.6) is 11.5 Å². The van der Waals surface area contributed by atoms with Crippen LogP contribution in [0.1, 0.15) is 13.8 Å². The van der Waals surface area contributed by atoms with Gasteiger partial charge in [0.15, 0.2) is 6.10 Å². The quantitative estimate of drug-likeness (QED) is 0.484. The molecule has 0 saturated heterocycles. The number of carbonyl (C=O) groups excluding carboxylic acids is 2. The lowest BCUT2D eigenvalue weighted by atomic mass is 10.3. The molecule has 0 aliphatic carbocycles. The number of rotatable bonds is 4. The first-order valence-electron chi connectivity index (χ1n) is 5.71. The van der Waals surface area contributed by atoms with Gasteiger partial charge in [-0.25, -0.2) is 4.79 Å². The Kier molecular flexibility index (Phi) is 4.99. The number of benzene rings is 1. The van der Waals surface area contributed by atoms with Crippen LogP contribution in [0.2, 0.25) is 0 Å². The first kappa shape index (κ1) is 14.6. The third-order valence-electron chi connectivity index (χ3n) is 2.22. The Balaban J connectivity index is 2.58. The Bertz CT molecular complexity index is 475. The minimum Gasteiger partial charge on any atom is -0.508 e. The predicted octanol–water partition coefficient (Wildman–Crippen LogP) is 1.17. The van der Waals surface area contributed by atoms with E-state index in [1.807, 2.05) is 0 Å². The molecule has 1 aromatic carbocycles. The van der Waals surface area contributed by atoms with Crippen LogP contribution in [0.15, 0.2) is 18.2 Å². The van der Waals surface area contributed by atoms with Crippen molar-refractivity contribution in [2.75, 3.05) is 11.9 Å². The number of hydrogen-bond acceptors (Lipinski definition) is 5. The standard InChI is InChI=1S/C12H16N2O5/c1-3-13-11(17)7(2)19-12(18)14-9-5-4-8(15)6-10(9)16/h4-7,15-16H,3H2,1-2H3,(H,13,17)(H,14,18). The zero-order valence-electron chi connectivity index (χ0n) is 10.6. The highest BCUT2D eigenvalue weighted by molar-refractivity contribution is 5.89. The van der Waals surface area contributed by atoms with Gasteiger partial charge in [0.2, 0.25) is 0 Å². The van der Waals surface area contributed by atoms with Crippen LogP contribution in [-0.4, -0.2) is 34.9 Å². The Labute approximate surface area is 110 Å². The fourth-order valence-corrected chi connectivity index (χ4v) is 1.30. The number of anilines is 1. The van der Waals surface area contributed by atoms with E-state index < -0.39 is 18.1 Å². The van der Waals surface area contributed by atoms with E-state index in [1.165, 1.54) is 19.1 Å². The predicted molar refractivity (Wildman–Crippen MR) is 68.0 cm³/mol. The first-order chi connectivity index (χ1) is 8.93. The summed E-state index contributed by atoms with van der Waals surface area (Å²) >= 11 is 0. The van der Waals surface area contributed by atoms with Gasteiger partial charge in [-0.05, 0) is 26.0 Å². The second kappa shape index (κ2) is 6.48. The maximum atomic E-state index is 11.5. The Morgan fingerprint density at radius 3 is 2.63 bits per heavy atom. The van der Waals surface area contributed by atoms with Gasteiger partial charge < -0.3 is 20.3 Å². The lowest BCUT2D eigenvalue weighted by Gasteiger charge is -2.13. The van der Waals surface area contributed by atoms with Crippen LogP contribution in [0.4, 0.5) is 10.5 Å². The average Bonchev–Trinajstić information content (AvgIpc) is 2.33. The molecular weight excluding hydrogens is 252 g/mol. The molecule has 7 nitrogen and oxygen atoms in total. The molecule has 1 atom stereocenters. The van der Waals surface area contributed by atoms with Gasteiger partial charge in [0, 0.05) is 12.6 Å². The van der Waals surface area contributed by atoms with E-state index in [-0.39, 0.29) is 17.2 Å². The van der Waals surface area contributed by atoms with Crippen molar-refractivity contribution in [2.24, 2.45) is 0 Å². The first-order valence-corrected chi connectivity index (χ1v) is 5.71. The van der Waals surface area contributed by atoms with Crippen molar-refractivity contribution in [1.29, 1.82) is 0 Å². The molecule has 0 bridgehead atoms. The highest BCUT2D eigenvalue weighted by Crippen LogP contribution is 2.27. The summed E-state index contributed by atoms with van der Waals surface area (Å²) in [4.78, 5) is 22.8. The summed E-state index contributed by atoms with van der Waals surface area (Å²) in [7, 11) is 0. The Morgan fingerprint density at radius 1 is 1.37 bits per heavy atom. The zero-order valence-corrected chi connectivity index (χ0v) is 10.6. The fraction of sp³-hybridized carbons (Fsp3) is 0.333. The molecule has 104 valence electrons. The molecule has 1 unspecified atom stereocenters.